The Morgan fingerprint density at radius 2 is 2.08 bits per heavy atom. The van der Waals surface area contributed by atoms with Gasteiger partial charge in [0.1, 0.15) is 18.3 Å². The summed E-state index contributed by atoms with van der Waals surface area (Å²) in [6.07, 6.45) is -1.43. The van der Waals surface area contributed by atoms with E-state index in [4.69, 9.17) is 14.6 Å². The van der Waals surface area contributed by atoms with Crippen molar-refractivity contribution >= 4 is 0 Å². The van der Waals surface area contributed by atoms with Gasteiger partial charge in [-0.2, -0.15) is 0 Å². The van der Waals surface area contributed by atoms with Gasteiger partial charge in [0, 0.05) is 7.11 Å². The second-order valence-electron chi connectivity index (χ2n) is 2.32. The molecule has 1 saturated heterocycles. The lowest BCUT2D eigenvalue weighted by Crippen LogP contribution is -2.33. The Morgan fingerprint density at radius 3 is 2.33 bits per heavy atom. The monoisotopic (exact) mass is 178 g/mol. The second-order valence-corrected chi connectivity index (χ2v) is 2.32. The maximum Gasteiger partial charge on any atom is 0.111 e. The molecule has 1 aliphatic rings. The summed E-state index contributed by atoms with van der Waals surface area (Å²) in [4.78, 5) is 0. The smallest absolute Gasteiger partial charge is 0.111 e. The van der Waals surface area contributed by atoms with E-state index in [0.717, 1.165) is 0 Å². The second kappa shape index (κ2) is 6.37. The van der Waals surface area contributed by atoms with Crippen LogP contribution in [0.4, 0.5) is 0 Å². The van der Waals surface area contributed by atoms with Gasteiger partial charge in [0.15, 0.2) is 0 Å². The zero-order valence-corrected chi connectivity index (χ0v) is 7.86. The Balaban J connectivity index is 0.000000561. The molecule has 3 unspecified atom stereocenters. The molecule has 0 bridgehead atoms. The van der Waals surface area contributed by atoms with E-state index in [2.05, 4.69) is 0 Å². The highest BCUT2D eigenvalue weighted by molar-refractivity contribution is 4.83. The molecule has 12 heavy (non-hydrogen) atoms. The van der Waals surface area contributed by atoms with Crippen LogP contribution in [-0.4, -0.2) is 48.8 Å². The van der Waals surface area contributed by atoms with E-state index in [1.807, 2.05) is 13.8 Å². The van der Waals surface area contributed by atoms with Crippen molar-refractivity contribution in [3.05, 3.63) is 0 Å². The van der Waals surface area contributed by atoms with E-state index in [9.17, 15) is 5.11 Å². The summed E-state index contributed by atoms with van der Waals surface area (Å²) in [6.45, 7) is 4.21. The third kappa shape index (κ3) is 2.71. The van der Waals surface area contributed by atoms with Crippen LogP contribution in [0.1, 0.15) is 13.8 Å². The third-order valence-corrected chi connectivity index (χ3v) is 1.72. The summed E-state index contributed by atoms with van der Waals surface area (Å²) in [5.74, 6) is 0. The Hall–Kier alpha value is -0.160. The molecule has 4 heteroatoms. The minimum absolute atomic E-state index is 0.152. The van der Waals surface area contributed by atoms with Crippen molar-refractivity contribution in [3.63, 3.8) is 0 Å². The number of hydrogen-bond donors (Lipinski definition) is 2. The van der Waals surface area contributed by atoms with Gasteiger partial charge in [-0.3, -0.25) is 0 Å². The lowest BCUT2D eigenvalue weighted by atomic mass is 10.2. The number of ether oxygens (including phenoxy) is 2. The standard InChI is InChI=1S/C6H12O4.C2H6/c1-9-5-3-10-4(2-7)6(5)8;1-2/h4-8H,2-3H2,1H3;1-2H3. The predicted molar refractivity (Wildman–Crippen MR) is 45.0 cm³/mol. The van der Waals surface area contributed by atoms with Gasteiger partial charge in [-0.1, -0.05) is 13.8 Å². The first-order valence-electron chi connectivity index (χ1n) is 4.23. The largest absolute Gasteiger partial charge is 0.394 e. The molecule has 4 nitrogen and oxygen atoms in total. The highest BCUT2D eigenvalue weighted by atomic mass is 16.6. The Morgan fingerprint density at radius 1 is 1.50 bits per heavy atom. The van der Waals surface area contributed by atoms with Crippen LogP contribution in [0.3, 0.4) is 0 Å². The van der Waals surface area contributed by atoms with Crippen LogP contribution in [0.2, 0.25) is 0 Å². The molecule has 1 rings (SSSR count). The molecule has 1 fully saturated rings. The molecule has 1 heterocycles. The maximum absolute atomic E-state index is 9.24. The minimum atomic E-state index is -0.685. The first-order valence-corrected chi connectivity index (χ1v) is 4.23. The van der Waals surface area contributed by atoms with E-state index in [-0.39, 0.29) is 12.7 Å². The van der Waals surface area contributed by atoms with Gasteiger partial charge in [-0.15, -0.1) is 0 Å². The van der Waals surface area contributed by atoms with Gasteiger partial charge >= 0.3 is 0 Å². The number of hydrogen-bond acceptors (Lipinski definition) is 4. The molecule has 0 spiro atoms. The first-order chi connectivity index (χ1) is 5.79. The summed E-state index contributed by atoms with van der Waals surface area (Å²) in [6, 6.07) is 0. The SMILES string of the molecule is CC.COC1COC(CO)C1O. The fourth-order valence-corrected chi connectivity index (χ4v) is 1.02. The summed E-state index contributed by atoms with van der Waals surface area (Å²) < 4.78 is 9.86. The van der Waals surface area contributed by atoms with Crippen LogP contribution in [0.5, 0.6) is 0 Å². The van der Waals surface area contributed by atoms with E-state index < -0.39 is 12.2 Å². The van der Waals surface area contributed by atoms with Crippen molar-refractivity contribution in [2.24, 2.45) is 0 Å². The third-order valence-electron chi connectivity index (χ3n) is 1.72. The van der Waals surface area contributed by atoms with Gasteiger partial charge in [0.25, 0.3) is 0 Å². The average Bonchev–Trinajstić information content (AvgIpc) is 2.49. The van der Waals surface area contributed by atoms with Crippen LogP contribution >= 0.6 is 0 Å². The Bertz CT molecular complexity index is 95.2. The Labute approximate surface area is 73.1 Å². The molecule has 0 saturated carbocycles. The van der Waals surface area contributed by atoms with Crippen molar-refractivity contribution in [3.8, 4) is 0 Å². The molecule has 1 aliphatic heterocycles. The normalized spacial score (nSPS) is 34.2. The molecule has 0 aromatic rings. The van der Waals surface area contributed by atoms with Gasteiger partial charge in [0.05, 0.1) is 13.2 Å². The van der Waals surface area contributed by atoms with E-state index >= 15 is 0 Å². The van der Waals surface area contributed by atoms with Crippen molar-refractivity contribution in [1.82, 2.24) is 0 Å². The number of rotatable bonds is 2. The molecule has 0 amide bonds. The number of aliphatic hydroxyl groups is 2. The van der Waals surface area contributed by atoms with E-state index in [1.54, 1.807) is 0 Å². The van der Waals surface area contributed by atoms with Crippen LogP contribution in [0.25, 0.3) is 0 Å². The average molecular weight is 178 g/mol. The Kier molecular flexibility index (Phi) is 6.28. The van der Waals surface area contributed by atoms with Crippen molar-refractivity contribution in [1.29, 1.82) is 0 Å². The zero-order chi connectivity index (χ0) is 9.56. The summed E-state index contributed by atoms with van der Waals surface area (Å²) in [5.41, 5.74) is 0. The quantitative estimate of drug-likeness (QED) is 0.613. The molecule has 2 N–H and O–H groups in total. The van der Waals surface area contributed by atoms with Gasteiger partial charge in [-0.25, -0.2) is 0 Å². The van der Waals surface area contributed by atoms with Crippen molar-refractivity contribution in [2.75, 3.05) is 20.3 Å². The van der Waals surface area contributed by atoms with Crippen molar-refractivity contribution < 1.29 is 19.7 Å². The molecular weight excluding hydrogens is 160 g/mol. The molecule has 0 radical (unpaired) electrons. The fourth-order valence-electron chi connectivity index (χ4n) is 1.02. The molecule has 0 aliphatic carbocycles. The summed E-state index contributed by atoms with van der Waals surface area (Å²) in [5, 5.41) is 17.8. The lowest BCUT2D eigenvalue weighted by Gasteiger charge is -2.13. The summed E-state index contributed by atoms with van der Waals surface area (Å²) >= 11 is 0. The number of aliphatic hydroxyl groups excluding tert-OH is 2. The van der Waals surface area contributed by atoms with Crippen LogP contribution < -0.4 is 0 Å². The van der Waals surface area contributed by atoms with Crippen LogP contribution in [-0.2, 0) is 9.47 Å². The van der Waals surface area contributed by atoms with Gasteiger partial charge in [0.2, 0.25) is 0 Å². The first kappa shape index (κ1) is 11.8. The van der Waals surface area contributed by atoms with Crippen LogP contribution in [0, 0.1) is 0 Å². The predicted octanol–water partition coefficient (Wildman–Crippen LogP) is -0.220. The lowest BCUT2D eigenvalue weighted by molar-refractivity contribution is -0.0141. The highest BCUT2D eigenvalue weighted by Gasteiger charge is 2.35. The number of methoxy groups -OCH3 is 1. The van der Waals surface area contributed by atoms with Gasteiger partial charge in [-0.05, 0) is 0 Å². The van der Waals surface area contributed by atoms with Gasteiger partial charge < -0.3 is 19.7 Å². The summed E-state index contributed by atoms with van der Waals surface area (Å²) in [7, 11) is 1.51. The molecule has 0 aromatic heterocycles. The highest BCUT2D eigenvalue weighted by Crippen LogP contribution is 2.15. The zero-order valence-electron chi connectivity index (χ0n) is 7.86. The topological polar surface area (TPSA) is 58.9 Å². The fraction of sp³-hybridized carbons (Fsp3) is 1.00. The minimum Gasteiger partial charge on any atom is -0.394 e. The molecular formula is C8H18O4. The van der Waals surface area contributed by atoms with E-state index in [1.165, 1.54) is 7.11 Å². The van der Waals surface area contributed by atoms with E-state index in [0.29, 0.717) is 6.61 Å². The van der Waals surface area contributed by atoms with Crippen molar-refractivity contribution in [2.45, 2.75) is 32.2 Å². The molecule has 3 atom stereocenters. The molecule has 74 valence electrons. The maximum atomic E-state index is 9.24. The molecule has 0 aromatic carbocycles. The van der Waals surface area contributed by atoms with Crippen LogP contribution in [0.15, 0.2) is 0 Å².